The summed E-state index contributed by atoms with van der Waals surface area (Å²) in [6, 6.07) is 18.9. The van der Waals surface area contributed by atoms with Gasteiger partial charge in [-0.1, -0.05) is 74.0 Å². The fraction of sp³-hybridized carbons (Fsp3) is 0.364. The first kappa shape index (κ1) is 33.5. The zero-order valence-corrected chi connectivity index (χ0v) is 25.5. The summed E-state index contributed by atoms with van der Waals surface area (Å²) < 4.78 is 62.6. The fourth-order valence-electron chi connectivity index (χ4n) is 5.17. The van der Waals surface area contributed by atoms with Gasteiger partial charge >= 0.3 is 6.18 Å². The third-order valence-electron chi connectivity index (χ3n) is 7.43. The molecular weight excluding hydrogens is 591 g/mol. The molecule has 1 amide bonds. The number of hydrogen-bond donors (Lipinski definition) is 5. The van der Waals surface area contributed by atoms with E-state index in [4.69, 9.17) is 0 Å². The number of carbonyl (C=O) groups excluding carboxylic acids is 1. The number of aliphatic hydroxyl groups excluding tert-OH is 1. The van der Waals surface area contributed by atoms with Gasteiger partial charge in [-0.15, -0.1) is 10.8 Å². The predicted octanol–water partition coefficient (Wildman–Crippen LogP) is 6.58. The normalized spacial score (nSPS) is 17.0. The Morgan fingerprint density at radius 3 is 2.45 bits per heavy atom. The first-order valence-corrected chi connectivity index (χ1v) is 16.4. The number of carbonyl (C=O) groups is 1. The number of amides is 1. The second kappa shape index (κ2) is 15.1. The van der Waals surface area contributed by atoms with E-state index in [0.29, 0.717) is 42.6 Å². The fourth-order valence-corrected chi connectivity index (χ4v) is 6.61. The summed E-state index contributed by atoms with van der Waals surface area (Å²) >= 11 is 0. The van der Waals surface area contributed by atoms with Crippen LogP contribution in [0.1, 0.15) is 52.4 Å². The number of nitrogens with one attached hydrogen (secondary N) is 2. The monoisotopic (exact) mass is 631 g/mol. The van der Waals surface area contributed by atoms with Crippen LogP contribution in [0, 0.1) is 0 Å². The number of benzene rings is 3. The summed E-state index contributed by atoms with van der Waals surface area (Å²) in [6.07, 6.45) is 0.654. The highest BCUT2D eigenvalue weighted by Gasteiger charge is 2.30. The number of aryl methyl sites for hydroxylation is 1. The van der Waals surface area contributed by atoms with Gasteiger partial charge in [0.15, 0.2) is 0 Å². The van der Waals surface area contributed by atoms with Crippen LogP contribution in [0.4, 0.5) is 18.9 Å². The summed E-state index contributed by atoms with van der Waals surface area (Å²) in [4.78, 5) is 13.7. The van der Waals surface area contributed by atoms with E-state index in [2.05, 4.69) is 10.6 Å². The minimum absolute atomic E-state index is 0.0240. The summed E-state index contributed by atoms with van der Waals surface area (Å²) in [5.41, 5.74) is 2.31. The molecule has 2 atom stereocenters. The molecule has 0 aliphatic carbocycles. The van der Waals surface area contributed by atoms with Gasteiger partial charge in [0.25, 0.3) is 5.91 Å². The third-order valence-corrected chi connectivity index (χ3v) is 9.28. The van der Waals surface area contributed by atoms with E-state index in [0.717, 1.165) is 29.7 Å². The molecule has 0 bridgehead atoms. The second-order valence-electron chi connectivity index (χ2n) is 11.0. The summed E-state index contributed by atoms with van der Waals surface area (Å²) in [5.74, 6) is -0.231. The molecule has 3 aromatic rings. The molecule has 1 heterocycles. The largest absolute Gasteiger partial charge is 0.416 e. The van der Waals surface area contributed by atoms with Gasteiger partial charge in [0.05, 0.1) is 35.7 Å². The van der Waals surface area contributed by atoms with Crippen molar-refractivity contribution in [1.29, 1.82) is 0 Å². The Hall–Kier alpha value is -3.35. The quantitative estimate of drug-likeness (QED) is 0.145. The van der Waals surface area contributed by atoms with Crippen LogP contribution in [0.15, 0.2) is 84.9 Å². The van der Waals surface area contributed by atoms with Crippen LogP contribution in [0.2, 0.25) is 0 Å². The summed E-state index contributed by atoms with van der Waals surface area (Å²) in [5, 5.41) is 17.2. The molecule has 1 aliphatic rings. The number of aliphatic hydroxyl groups is 1. The zero-order valence-electron chi connectivity index (χ0n) is 24.6. The Morgan fingerprint density at radius 2 is 1.73 bits per heavy atom. The molecule has 5 N–H and O–H groups in total. The molecule has 0 saturated heterocycles. The maximum atomic E-state index is 13.7. The minimum atomic E-state index is -4.45. The molecule has 44 heavy (non-hydrogen) atoms. The number of alkyl halides is 3. The highest BCUT2D eigenvalue weighted by Crippen LogP contribution is 2.48. The summed E-state index contributed by atoms with van der Waals surface area (Å²) in [7, 11) is -3.08. The topological polar surface area (TPSA) is 105 Å². The molecule has 7 nitrogen and oxygen atoms in total. The highest BCUT2D eigenvalue weighted by molar-refractivity contribution is 8.25. The molecule has 0 aromatic heterocycles. The number of halogens is 3. The highest BCUT2D eigenvalue weighted by atomic mass is 32.3. The molecule has 0 spiro atoms. The van der Waals surface area contributed by atoms with Crippen molar-refractivity contribution >= 4 is 22.4 Å². The average Bonchev–Trinajstić information content (AvgIpc) is 3.17. The Balaban J connectivity index is 1.53. The van der Waals surface area contributed by atoms with E-state index in [1.165, 1.54) is 6.07 Å². The van der Waals surface area contributed by atoms with Crippen molar-refractivity contribution in [2.75, 3.05) is 23.1 Å². The van der Waals surface area contributed by atoms with Crippen LogP contribution in [-0.4, -0.2) is 51.1 Å². The van der Waals surface area contributed by atoms with E-state index in [1.807, 2.05) is 55.5 Å². The molecule has 1 aliphatic heterocycles. The maximum Gasteiger partial charge on any atom is 0.416 e. The maximum absolute atomic E-state index is 13.7. The van der Waals surface area contributed by atoms with Crippen LogP contribution < -0.4 is 14.9 Å². The summed E-state index contributed by atoms with van der Waals surface area (Å²) in [6.45, 7) is 2.45. The second-order valence-corrected chi connectivity index (χ2v) is 13.1. The number of anilines is 1. The van der Waals surface area contributed by atoms with Crippen LogP contribution >= 0.6 is 10.8 Å². The molecule has 4 rings (SSSR count). The molecule has 0 saturated carbocycles. The number of rotatable bonds is 12. The van der Waals surface area contributed by atoms with Crippen LogP contribution in [0.5, 0.6) is 0 Å². The molecule has 0 radical (unpaired) electrons. The van der Waals surface area contributed by atoms with Crippen molar-refractivity contribution in [3.8, 4) is 0 Å². The van der Waals surface area contributed by atoms with E-state index in [1.54, 1.807) is 22.5 Å². The van der Waals surface area contributed by atoms with Crippen molar-refractivity contribution in [2.45, 2.75) is 57.5 Å². The van der Waals surface area contributed by atoms with Crippen LogP contribution in [0.3, 0.4) is 0 Å². The van der Waals surface area contributed by atoms with Gasteiger partial charge in [-0.2, -0.15) is 13.2 Å². The van der Waals surface area contributed by atoms with Crippen molar-refractivity contribution in [3.63, 3.8) is 0 Å². The van der Waals surface area contributed by atoms with Crippen molar-refractivity contribution in [2.24, 2.45) is 0 Å². The lowest BCUT2D eigenvalue weighted by Crippen LogP contribution is -2.48. The lowest BCUT2D eigenvalue weighted by molar-refractivity contribution is -0.137. The Kier molecular flexibility index (Phi) is 11.5. The molecule has 0 fully saturated rings. The smallest absolute Gasteiger partial charge is 0.390 e. The first-order valence-electron chi connectivity index (χ1n) is 14.7. The van der Waals surface area contributed by atoms with Crippen molar-refractivity contribution in [3.05, 3.63) is 113 Å². The molecule has 11 heteroatoms. The SMILES string of the molecule is CCCc1cc(C(=O)N[C@@H](Cc2ccccc2)[C@@H](O)CNCc2cccc(C(F)(F)F)c2)cc(N2CC=CCCS2(O)O)c1. The van der Waals surface area contributed by atoms with Gasteiger partial charge in [-0.05, 0) is 60.2 Å². The number of allylic oxidation sites excluding steroid dienone is 1. The standard InChI is InChI=1S/C33H40F3N3O4S/c1-2-10-25-17-27(21-29(19-25)39-15-7-4-8-16-44(39,42)43)32(41)38-30(20-24-11-5-3-6-12-24)31(40)23-37-22-26-13-9-14-28(18-26)33(34,35)36/h3-7,9,11-14,17-19,21,30-31,37,40,42-43H,2,8,10,15-16,20,22-23H2,1H3,(H,38,41)/t30-,31-/m0/s1. The number of nitrogens with zero attached hydrogens (tertiary/aromatic N) is 1. The van der Waals surface area contributed by atoms with E-state index in [9.17, 15) is 32.2 Å². The molecule has 3 aromatic carbocycles. The van der Waals surface area contributed by atoms with E-state index in [-0.39, 0.29) is 18.8 Å². The van der Waals surface area contributed by atoms with Crippen molar-refractivity contribution < 1.29 is 32.2 Å². The Morgan fingerprint density at radius 1 is 0.977 bits per heavy atom. The zero-order chi connectivity index (χ0) is 31.7. The molecular formula is C33H40F3N3O4S. The van der Waals surface area contributed by atoms with E-state index < -0.39 is 40.6 Å². The van der Waals surface area contributed by atoms with E-state index >= 15 is 0 Å². The number of hydrogen-bond acceptors (Lipinski definition) is 6. The van der Waals surface area contributed by atoms with Gasteiger partial charge in [-0.25, -0.2) is 0 Å². The van der Waals surface area contributed by atoms with Gasteiger partial charge in [-0.3, -0.25) is 18.2 Å². The lowest BCUT2D eigenvalue weighted by atomic mass is 9.99. The lowest BCUT2D eigenvalue weighted by Gasteiger charge is -2.43. The Labute approximate surface area is 258 Å². The first-order chi connectivity index (χ1) is 21.0. The average molecular weight is 632 g/mol. The van der Waals surface area contributed by atoms with Crippen LogP contribution in [-0.2, 0) is 25.6 Å². The predicted molar refractivity (Wildman–Crippen MR) is 170 cm³/mol. The Bertz CT molecular complexity index is 1420. The minimum Gasteiger partial charge on any atom is -0.390 e. The van der Waals surface area contributed by atoms with Gasteiger partial charge < -0.3 is 15.7 Å². The van der Waals surface area contributed by atoms with Gasteiger partial charge in [0, 0.05) is 18.7 Å². The third kappa shape index (κ3) is 9.33. The molecule has 0 unspecified atom stereocenters. The molecule has 238 valence electrons. The van der Waals surface area contributed by atoms with Gasteiger partial charge in [0.2, 0.25) is 0 Å². The van der Waals surface area contributed by atoms with Gasteiger partial charge in [0.1, 0.15) is 0 Å². The van der Waals surface area contributed by atoms with Crippen LogP contribution in [0.25, 0.3) is 0 Å². The van der Waals surface area contributed by atoms with Crippen molar-refractivity contribution in [1.82, 2.24) is 10.6 Å².